The van der Waals surface area contributed by atoms with Gasteiger partial charge in [-0.3, -0.25) is 4.55 Å². The highest BCUT2D eigenvalue weighted by Crippen LogP contribution is 2.68. The fourth-order valence-electron chi connectivity index (χ4n) is 10.8. The van der Waals surface area contributed by atoms with E-state index in [4.69, 9.17) is 18.2 Å². The molecule has 10 atom stereocenters. The number of alkyl carbamates (subject to hydrolysis) is 1. The number of ether oxygens (including phenoxy) is 2. The van der Waals surface area contributed by atoms with Crippen molar-refractivity contribution in [1.29, 1.82) is 0 Å². The van der Waals surface area contributed by atoms with Gasteiger partial charge >= 0.3 is 22.6 Å². The average Bonchev–Trinajstić information content (AvgIpc) is 3.36. The van der Waals surface area contributed by atoms with Crippen molar-refractivity contribution in [3.8, 4) is 0 Å². The minimum atomic E-state index is -4.48. The first-order chi connectivity index (χ1) is 24.0. The van der Waals surface area contributed by atoms with Gasteiger partial charge in [0.1, 0.15) is 17.4 Å². The Bertz CT molecular complexity index is 1320. The second kappa shape index (κ2) is 17.0. The first-order valence-electron chi connectivity index (χ1n) is 20.0. The van der Waals surface area contributed by atoms with Crippen LogP contribution in [0.1, 0.15) is 133 Å². The Kier molecular flexibility index (Phi) is 14.1. The average molecular weight is 760 g/mol. The molecule has 0 aromatic carbocycles. The molecule has 4 rings (SSSR count). The van der Waals surface area contributed by atoms with Crippen LogP contribution in [0.4, 0.5) is 14.0 Å². The summed E-state index contributed by atoms with van der Waals surface area (Å²) in [6.07, 6.45) is 8.24. The number of nitrogens with zero attached hydrogens (tertiary/aromatic N) is 1. The number of halogens is 1. The minimum Gasteiger partial charge on any atom is -0.444 e. The van der Waals surface area contributed by atoms with Gasteiger partial charge < -0.3 is 25.0 Å². The number of carbonyl (C=O) groups excluding carboxylic acids is 2. The van der Waals surface area contributed by atoms with Crippen LogP contribution < -0.4 is 10.6 Å². The number of fused-ring (bicyclic) bond motifs is 5. The molecule has 0 saturated heterocycles. The van der Waals surface area contributed by atoms with E-state index >= 15 is 4.39 Å². The Morgan fingerprint density at radius 2 is 1.52 bits per heavy atom. The molecule has 4 aliphatic rings. The summed E-state index contributed by atoms with van der Waals surface area (Å²) in [5, 5.41) is 6.53. The molecular formula is C39H70FN3O8S. The summed E-state index contributed by atoms with van der Waals surface area (Å²) in [5.41, 5.74) is -1.09. The predicted octanol–water partition coefficient (Wildman–Crippen LogP) is 7.94. The second-order valence-corrected chi connectivity index (χ2v) is 20.1. The number of alkyl halides is 1. The van der Waals surface area contributed by atoms with Crippen molar-refractivity contribution in [3.05, 3.63) is 0 Å². The molecule has 4 saturated carbocycles. The topological polar surface area (TPSA) is 144 Å². The number of amides is 2. The molecule has 0 aliphatic heterocycles. The standard InChI is InChI=1S/C39H70FN3O8S/c1-26(25-49-52(46,47)48)29-13-14-30-33-31(16-18-39(29,30)9)38(8)17-15-28(23-27(38)24-32(33)40)41-20-12-22-43(35(45)51-37(5,6)7)21-11-10-19-42-34(44)50-36(2,3)4/h26-33,41H,10-25H2,1-9H3,(H,42,44)(H,46,47,48)/t26-,27-,28-,29?,30?,31?,32-,33?,38+,39-/m1/s1. The molecule has 13 heteroatoms. The molecule has 0 bridgehead atoms. The number of rotatable bonds is 14. The quantitative estimate of drug-likeness (QED) is 0.119. The lowest BCUT2D eigenvalue weighted by Crippen LogP contribution is -2.58. The monoisotopic (exact) mass is 759 g/mol. The molecule has 4 unspecified atom stereocenters. The first kappa shape index (κ1) is 43.0. The third-order valence-electron chi connectivity index (χ3n) is 13.1. The van der Waals surface area contributed by atoms with Crippen LogP contribution in [0, 0.1) is 46.3 Å². The molecule has 3 N–H and O–H groups in total. The summed E-state index contributed by atoms with van der Waals surface area (Å²) < 4.78 is 63.8. The van der Waals surface area contributed by atoms with E-state index in [9.17, 15) is 18.0 Å². The summed E-state index contributed by atoms with van der Waals surface area (Å²) in [7, 11) is -4.48. The van der Waals surface area contributed by atoms with E-state index in [1.165, 1.54) is 0 Å². The van der Waals surface area contributed by atoms with Crippen LogP contribution in [0.25, 0.3) is 0 Å². The largest absolute Gasteiger partial charge is 0.444 e. The molecule has 2 amide bonds. The van der Waals surface area contributed by atoms with Crippen molar-refractivity contribution < 1.29 is 40.6 Å². The highest BCUT2D eigenvalue weighted by atomic mass is 32.3. The SMILES string of the molecule is C[C@H](COS(=O)(=O)O)C1CCC2C3C(CC[C@@]21C)[C@@]1(C)CC[C@@H](NCCCN(CCCCNC(=O)OC(C)(C)C)C(=O)OC(C)(C)C)C[C@@H]1C[C@H]3F. The summed E-state index contributed by atoms with van der Waals surface area (Å²) in [6, 6.07) is 0.323. The lowest BCUT2D eigenvalue weighted by atomic mass is 9.44. The summed E-state index contributed by atoms with van der Waals surface area (Å²) >= 11 is 0. The Labute approximate surface area is 313 Å². The lowest BCUT2D eigenvalue weighted by Gasteiger charge is -2.62. The number of unbranched alkanes of at least 4 members (excludes halogenated alkanes) is 1. The van der Waals surface area contributed by atoms with Crippen molar-refractivity contribution in [2.75, 3.05) is 32.8 Å². The molecule has 0 heterocycles. The first-order valence-corrected chi connectivity index (χ1v) is 21.3. The summed E-state index contributed by atoms with van der Waals surface area (Å²) in [4.78, 5) is 26.8. The maximum Gasteiger partial charge on any atom is 0.410 e. The molecule has 4 aliphatic carbocycles. The highest BCUT2D eigenvalue weighted by molar-refractivity contribution is 7.80. The van der Waals surface area contributed by atoms with E-state index in [0.29, 0.717) is 50.4 Å². The maximum absolute atomic E-state index is 16.4. The van der Waals surface area contributed by atoms with Crippen LogP contribution in [-0.4, -0.2) is 86.3 Å². The minimum absolute atomic E-state index is 0.0377. The van der Waals surface area contributed by atoms with E-state index < -0.39 is 33.9 Å². The molecule has 0 aromatic heterocycles. The van der Waals surface area contributed by atoms with Gasteiger partial charge in [-0.05, 0) is 165 Å². The molecule has 52 heavy (non-hydrogen) atoms. The predicted molar refractivity (Wildman–Crippen MR) is 200 cm³/mol. The number of carbonyl (C=O) groups is 2. The fourth-order valence-corrected chi connectivity index (χ4v) is 11.2. The molecule has 4 fully saturated rings. The van der Waals surface area contributed by atoms with Crippen molar-refractivity contribution in [3.63, 3.8) is 0 Å². The highest BCUT2D eigenvalue weighted by Gasteiger charge is 2.63. The third kappa shape index (κ3) is 11.2. The van der Waals surface area contributed by atoms with Crippen molar-refractivity contribution >= 4 is 22.6 Å². The van der Waals surface area contributed by atoms with Crippen LogP contribution in [-0.2, 0) is 24.1 Å². The van der Waals surface area contributed by atoms with E-state index in [2.05, 4.69) is 24.5 Å². The van der Waals surface area contributed by atoms with E-state index in [1.54, 1.807) is 4.90 Å². The van der Waals surface area contributed by atoms with Crippen LogP contribution in [0.15, 0.2) is 0 Å². The third-order valence-corrected chi connectivity index (χ3v) is 13.5. The van der Waals surface area contributed by atoms with Gasteiger partial charge in [0.15, 0.2) is 0 Å². The molecule has 302 valence electrons. The smallest absolute Gasteiger partial charge is 0.410 e. The lowest BCUT2D eigenvalue weighted by molar-refractivity contribution is -0.149. The van der Waals surface area contributed by atoms with E-state index in [-0.39, 0.29) is 47.2 Å². The normalized spacial score (nSPS) is 34.0. The van der Waals surface area contributed by atoms with Gasteiger partial charge in [-0.1, -0.05) is 20.8 Å². The zero-order chi connectivity index (χ0) is 38.7. The van der Waals surface area contributed by atoms with Gasteiger partial charge in [0.25, 0.3) is 0 Å². The van der Waals surface area contributed by atoms with Crippen LogP contribution in [0.2, 0.25) is 0 Å². The number of hydrogen-bond acceptors (Lipinski definition) is 8. The molecule has 0 aromatic rings. The number of nitrogens with one attached hydrogen (secondary N) is 2. The van der Waals surface area contributed by atoms with Gasteiger partial charge in [-0.2, -0.15) is 8.42 Å². The zero-order valence-electron chi connectivity index (χ0n) is 33.5. The van der Waals surface area contributed by atoms with Crippen LogP contribution >= 0.6 is 0 Å². The fraction of sp³-hybridized carbons (Fsp3) is 0.949. The van der Waals surface area contributed by atoms with Crippen LogP contribution in [0.3, 0.4) is 0 Å². The van der Waals surface area contributed by atoms with E-state index in [0.717, 1.165) is 64.3 Å². The van der Waals surface area contributed by atoms with Gasteiger partial charge in [0.05, 0.1) is 6.61 Å². The number of hydrogen-bond donors (Lipinski definition) is 3. The molecule has 0 spiro atoms. The Morgan fingerprint density at radius 1 is 0.885 bits per heavy atom. The second-order valence-electron chi connectivity index (χ2n) is 19.0. The molecule has 0 radical (unpaired) electrons. The van der Waals surface area contributed by atoms with Crippen LogP contribution in [0.5, 0.6) is 0 Å². The maximum atomic E-state index is 16.4. The molecule has 11 nitrogen and oxygen atoms in total. The molecular weight excluding hydrogens is 690 g/mol. The Hall–Kier alpha value is -1.70. The van der Waals surface area contributed by atoms with Gasteiger partial charge in [0, 0.05) is 25.7 Å². The summed E-state index contributed by atoms with van der Waals surface area (Å²) in [6.45, 7) is 20.1. The van der Waals surface area contributed by atoms with E-state index in [1.807, 2.05) is 48.5 Å². The Balaban J connectivity index is 1.26. The Morgan fingerprint density at radius 3 is 2.17 bits per heavy atom. The van der Waals surface area contributed by atoms with Crippen molar-refractivity contribution in [2.45, 2.75) is 156 Å². The van der Waals surface area contributed by atoms with Gasteiger partial charge in [0.2, 0.25) is 0 Å². The van der Waals surface area contributed by atoms with Gasteiger partial charge in [-0.15, -0.1) is 0 Å². The van der Waals surface area contributed by atoms with Gasteiger partial charge in [-0.25, -0.2) is 18.2 Å². The van der Waals surface area contributed by atoms with Crippen molar-refractivity contribution in [2.24, 2.45) is 46.3 Å². The summed E-state index contributed by atoms with van der Waals surface area (Å²) in [5.74, 6) is 1.20. The zero-order valence-corrected chi connectivity index (χ0v) is 34.3. The van der Waals surface area contributed by atoms with Crippen molar-refractivity contribution in [1.82, 2.24) is 15.5 Å².